The van der Waals surface area contributed by atoms with Gasteiger partial charge < -0.3 is 25.8 Å². The maximum absolute atomic E-state index is 12.3. The molecule has 1 aliphatic carbocycles. The molecule has 0 aromatic heterocycles. The lowest BCUT2D eigenvalue weighted by atomic mass is 10.0. The Hall–Kier alpha value is -3.50. The summed E-state index contributed by atoms with van der Waals surface area (Å²) in [6.07, 6.45) is 6.08. The van der Waals surface area contributed by atoms with Crippen molar-refractivity contribution in [1.82, 2.24) is 16.0 Å². The van der Waals surface area contributed by atoms with Crippen molar-refractivity contribution in [1.29, 1.82) is 0 Å². The van der Waals surface area contributed by atoms with Gasteiger partial charge in [-0.25, -0.2) is 4.79 Å². The molecule has 1 atom stereocenters. The van der Waals surface area contributed by atoms with Gasteiger partial charge in [0.25, 0.3) is 0 Å². The van der Waals surface area contributed by atoms with Gasteiger partial charge in [-0.05, 0) is 92.9 Å². The van der Waals surface area contributed by atoms with Gasteiger partial charge in [-0.15, -0.1) is 0 Å². The maximum Gasteiger partial charge on any atom is 0.413 e. The molecule has 0 spiro atoms. The Morgan fingerprint density at radius 2 is 1.60 bits per heavy atom. The quantitative estimate of drug-likeness (QED) is 0.104. The molecule has 43 heavy (non-hydrogen) atoms. The first kappa shape index (κ1) is 34.0. The summed E-state index contributed by atoms with van der Waals surface area (Å²) in [5, 5.41) is 8.74. The molecule has 0 fully saturated rings. The lowest BCUT2D eigenvalue weighted by Crippen LogP contribution is -2.40. The monoisotopic (exact) mass is 610 g/mol. The highest BCUT2D eigenvalue weighted by Crippen LogP contribution is 2.38. The maximum atomic E-state index is 12.3. The number of nitrogens with one attached hydrogen (secondary N) is 3. The van der Waals surface area contributed by atoms with E-state index >= 15 is 0 Å². The third kappa shape index (κ3) is 12.0. The van der Waals surface area contributed by atoms with E-state index in [2.05, 4.69) is 34.1 Å². The fraction of sp³-hybridized carbons (Fsp3) is 0.515. The van der Waals surface area contributed by atoms with Gasteiger partial charge in [0.05, 0.1) is 6.04 Å². The van der Waals surface area contributed by atoms with Crippen molar-refractivity contribution in [3.05, 3.63) is 59.2 Å². The van der Waals surface area contributed by atoms with Crippen LogP contribution in [0.4, 0.5) is 4.79 Å². The van der Waals surface area contributed by atoms with Crippen LogP contribution in [0.15, 0.2) is 42.5 Å². The van der Waals surface area contributed by atoms with Crippen LogP contribution in [-0.2, 0) is 32.1 Å². The number of amides is 2. The second kappa shape index (κ2) is 17.0. The second-order valence-corrected chi connectivity index (χ2v) is 12.3. The van der Waals surface area contributed by atoms with Crippen molar-refractivity contribution >= 4 is 35.3 Å². The first-order valence-electron chi connectivity index (χ1n) is 15.2. The van der Waals surface area contributed by atoms with Gasteiger partial charge in [-0.3, -0.25) is 14.9 Å². The van der Waals surface area contributed by atoms with E-state index in [9.17, 15) is 14.4 Å². The normalized spacial score (nSPS) is 12.5. The molecule has 1 unspecified atom stereocenters. The predicted octanol–water partition coefficient (Wildman–Crippen LogP) is 5.26. The molecule has 0 saturated carbocycles. The number of carbonyl (C=O) groups is 3. The molecular weight excluding hydrogens is 564 g/mol. The fourth-order valence-corrected chi connectivity index (χ4v) is 5.17. The van der Waals surface area contributed by atoms with Crippen LogP contribution in [0.2, 0.25) is 0 Å². The Labute approximate surface area is 260 Å². The van der Waals surface area contributed by atoms with Crippen molar-refractivity contribution in [2.75, 3.05) is 13.1 Å². The van der Waals surface area contributed by atoms with Crippen LogP contribution in [-0.4, -0.2) is 47.8 Å². The smallest absolute Gasteiger partial charge is 0.413 e. The lowest BCUT2D eigenvalue weighted by molar-refractivity contribution is -0.154. The Morgan fingerprint density at radius 1 is 0.907 bits per heavy atom. The van der Waals surface area contributed by atoms with E-state index in [0.717, 1.165) is 37.7 Å². The van der Waals surface area contributed by atoms with Crippen molar-refractivity contribution < 1.29 is 23.9 Å². The molecule has 2 amide bonds. The number of hydrogen-bond donors (Lipinski definition) is 4. The summed E-state index contributed by atoms with van der Waals surface area (Å²) in [6.45, 7) is 6.90. The predicted molar refractivity (Wildman–Crippen MR) is 172 cm³/mol. The second-order valence-electron chi connectivity index (χ2n) is 11.9. The number of nitrogens with two attached hydrogens (primary N) is 1. The molecule has 2 aromatic rings. The van der Waals surface area contributed by atoms with E-state index in [0.29, 0.717) is 38.8 Å². The zero-order valence-corrected chi connectivity index (χ0v) is 26.4. The average molecular weight is 611 g/mol. The van der Waals surface area contributed by atoms with Crippen LogP contribution < -0.4 is 21.7 Å². The molecule has 0 heterocycles. The Balaban J connectivity index is 1.18. The number of thiocarbonyl (C=S) groups is 1. The first-order valence-corrected chi connectivity index (χ1v) is 15.6. The molecule has 9 nitrogen and oxygen atoms in total. The van der Waals surface area contributed by atoms with Crippen molar-refractivity contribution in [2.24, 2.45) is 5.73 Å². The van der Waals surface area contributed by atoms with Gasteiger partial charge in [0, 0.05) is 19.5 Å². The molecule has 5 N–H and O–H groups in total. The average Bonchev–Trinajstić information content (AvgIpc) is 3.34. The summed E-state index contributed by atoms with van der Waals surface area (Å²) in [5.41, 5.74) is 11.4. The minimum atomic E-state index is -0.581. The Kier molecular flexibility index (Phi) is 13.4. The molecule has 3 rings (SSSR count). The van der Waals surface area contributed by atoms with E-state index in [1.807, 2.05) is 45.0 Å². The minimum Gasteiger partial charge on any atom is -0.460 e. The van der Waals surface area contributed by atoms with Crippen LogP contribution in [0.1, 0.15) is 88.8 Å². The first-order chi connectivity index (χ1) is 20.5. The standard InChI is InChI=1S/C33H46N4O5S/c1-33(2,3)42-29(38)18-9-8-17-28(34)30(39)35-19-10-4-5-11-20-36-31(43)37-32(40)41-22-24-14-12-16-26-25-15-7-6-13-23(25)21-27(24)26/h6-7,12-16,28H,4-5,8-11,17-22,34H2,1-3H3,(H,35,39)(H2,36,37,40,43). The van der Waals surface area contributed by atoms with Gasteiger partial charge in [0.2, 0.25) is 5.91 Å². The number of fused-ring (bicyclic) bond motifs is 3. The summed E-state index contributed by atoms with van der Waals surface area (Å²) >= 11 is 5.23. The highest BCUT2D eigenvalue weighted by Gasteiger charge is 2.21. The lowest BCUT2D eigenvalue weighted by Gasteiger charge is -2.19. The molecule has 0 saturated heterocycles. The van der Waals surface area contributed by atoms with Crippen LogP contribution in [0, 0.1) is 0 Å². The van der Waals surface area contributed by atoms with E-state index in [-0.39, 0.29) is 23.6 Å². The van der Waals surface area contributed by atoms with Gasteiger partial charge >= 0.3 is 12.1 Å². The third-order valence-electron chi connectivity index (χ3n) is 7.11. The molecule has 234 valence electrons. The zero-order valence-electron chi connectivity index (χ0n) is 25.6. The number of esters is 1. The molecule has 1 aliphatic rings. The SMILES string of the molecule is CC(C)(C)OC(=O)CCCCC(N)C(=O)NCCCCCCNC(=S)NC(=O)OCc1cccc2c1Cc1ccccc1-2. The third-order valence-corrected chi connectivity index (χ3v) is 7.36. The topological polar surface area (TPSA) is 132 Å². The van der Waals surface area contributed by atoms with Gasteiger partial charge in [-0.1, -0.05) is 61.7 Å². The Morgan fingerprint density at radius 3 is 2.35 bits per heavy atom. The van der Waals surface area contributed by atoms with Crippen LogP contribution in [0.5, 0.6) is 0 Å². The van der Waals surface area contributed by atoms with Crippen LogP contribution in [0.25, 0.3) is 11.1 Å². The highest BCUT2D eigenvalue weighted by molar-refractivity contribution is 7.80. The molecule has 0 radical (unpaired) electrons. The van der Waals surface area contributed by atoms with Gasteiger partial charge in [-0.2, -0.15) is 0 Å². The van der Waals surface area contributed by atoms with E-state index in [4.69, 9.17) is 27.4 Å². The van der Waals surface area contributed by atoms with Gasteiger partial charge in [0.1, 0.15) is 12.2 Å². The number of hydrogen-bond acceptors (Lipinski definition) is 7. The summed E-state index contributed by atoms with van der Waals surface area (Å²) in [6, 6.07) is 13.9. The number of alkyl carbamates (subject to hydrolysis) is 1. The molecule has 0 bridgehead atoms. The molecule has 10 heteroatoms. The summed E-state index contributed by atoms with van der Waals surface area (Å²) in [5.74, 6) is -0.390. The number of carbonyl (C=O) groups excluding carboxylic acids is 3. The molecular formula is C33H46N4O5S. The number of unbranched alkanes of at least 4 members (excludes halogenated alkanes) is 4. The van der Waals surface area contributed by atoms with E-state index in [1.165, 1.54) is 22.3 Å². The summed E-state index contributed by atoms with van der Waals surface area (Å²) in [4.78, 5) is 36.2. The molecule has 2 aromatic carbocycles. The number of rotatable bonds is 15. The largest absolute Gasteiger partial charge is 0.460 e. The number of benzene rings is 2. The van der Waals surface area contributed by atoms with E-state index < -0.39 is 17.7 Å². The van der Waals surface area contributed by atoms with Crippen LogP contribution in [0.3, 0.4) is 0 Å². The summed E-state index contributed by atoms with van der Waals surface area (Å²) < 4.78 is 10.7. The summed E-state index contributed by atoms with van der Waals surface area (Å²) in [7, 11) is 0. The van der Waals surface area contributed by atoms with Crippen molar-refractivity contribution in [3.8, 4) is 11.1 Å². The fourth-order valence-electron chi connectivity index (χ4n) is 4.98. The van der Waals surface area contributed by atoms with E-state index in [1.54, 1.807) is 0 Å². The van der Waals surface area contributed by atoms with Crippen LogP contribution >= 0.6 is 12.2 Å². The zero-order chi connectivity index (χ0) is 31.2. The Bertz CT molecular complexity index is 1260. The molecule has 0 aliphatic heterocycles. The van der Waals surface area contributed by atoms with Crippen molar-refractivity contribution in [3.63, 3.8) is 0 Å². The van der Waals surface area contributed by atoms with Crippen molar-refractivity contribution in [2.45, 2.75) is 96.8 Å². The number of ether oxygens (including phenoxy) is 2. The van der Waals surface area contributed by atoms with Gasteiger partial charge in [0.15, 0.2) is 5.11 Å². The minimum absolute atomic E-state index is 0.163. The highest BCUT2D eigenvalue weighted by atomic mass is 32.1.